The summed E-state index contributed by atoms with van der Waals surface area (Å²) in [5, 5.41) is 0.816. The lowest BCUT2D eigenvalue weighted by Crippen LogP contribution is -1.93. The van der Waals surface area contributed by atoms with Gasteiger partial charge in [-0.2, -0.15) is 0 Å². The number of anilines is 1. The SMILES string of the molecule is Nc1cc2cc(F)ccc2n2cccc12. The second-order valence-electron chi connectivity index (χ2n) is 3.57. The Balaban J connectivity index is 2.60. The predicted molar refractivity (Wildman–Crippen MR) is 59.3 cm³/mol. The van der Waals surface area contributed by atoms with Crippen molar-refractivity contribution in [3.63, 3.8) is 0 Å². The lowest BCUT2D eigenvalue weighted by molar-refractivity contribution is 0.629. The average molecular weight is 200 g/mol. The smallest absolute Gasteiger partial charge is 0.123 e. The van der Waals surface area contributed by atoms with Gasteiger partial charge < -0.3 is 10.1 Å². The molecule has 0 radical (unpaired) electrons. The van der Waals surface area contributed by atoms with Crippen molar-refractivity contribution in [1.29, 1.82) is 0 Å². The molecule has 0 fully saturated rings. The van der Waals surface area contributed by atoms with E-state index in [1.807, 2.05) is 22.7 Å². The molecule has 0 aliphatic rings. The Kier molecular flexibility index (Phi) is 1.51. The van der Waals surface area contributed by atoms with Crippen LogP contribution >= 0.6 is 0 Å². The van der Waals surface area contributed by atoms with Gasteiger partial charge >= 0.3 is 0 Å². The number of hydrogen-bond acceptors (Lipinski definition) is 1. The Hall–Kier alpha value is -2.03. The number of nitrogens with two attached hydrogens (primary N) is 1. The van der Waals surface area contributed by atoms with Crippen molar-refractivity contribution in [3.8, 4) is 0 Å². The first-order chi connectivity index (χ1) is 7.25. The Bertz CT molecular complexity index is 655. The molecule has 0 aliphatic heterocycles. The summed E-state index contributed by atoms with van der Waals surface area (Å²) in [4.78, 5) is 0. The molecule has 3 aromatic rings. The molecule has 0 saturated carbocycles. The normalized spacial score (nSPS) is 11.3. The monoisotopic (exact) mass is 200 g/mol. The van der Waals surface area contributed by atoms with Crippen molar-refractivity contribution >= 4 is 22.1 Å². The number of hydrogen-bond donors (Lipinski definition) is 1. The third-order valence-corrected chi connectivity index (χ3v) is 2.60. The van der Waals surface area contributed by atoms with Gasteiger partial charge in [-0.05, 0) is 36.4 Å². The summed E-state index contributed by atoms with van der Waals surface area (Å²) >= 11 is 0. The van der Waals surface area contributed by atoms with Gasteiger partial charge in [0.05, 0.1) is 16.7 Å². The second-order valence-corrected chi connectivity index (χ2v) is 3.57. The van der Waals surface area contributed by atoms with Crippen LogP contribution in [0, 0.1) is 5.82 Å². The van der Waals surface area contributed by atoms with Crippen LogP contribution in [-0.4, -0.2) is 4.40 Å². The van der Waals surface area contributed by atoms with Gasteiger partial charge in [-0.25, -0.2) is 4.39 Å². The van der Waals surface area contributed by atoms with Crippen molar-refractivity contribution in [1.82, 2.24) is 4.40 Å². The molecule has 0 unspecified atom stereocenters. The van der Waals surface area contributed by atoms with Crippen LogP contribution < -0.4 is 5.73 Å². The van der Waals surface area contributed by atoms with Crippen LogP contribution in [0.15, 0.2) is 42.6 Å². The molecule has 0 bridgehead atoms. The van der Waals surface area contributed by atoms with Crippen LogP contribution in [0.5, 0.6) is 0 Å². The van der Waals surface area contributed by atoms with E-state index in [2.05, 4.69) is 0 Å². The number of aromatic nitrogens is 1. The molecule has 2 N–H and O–H groups in total. The molecule has 0 atom stereocenters. The van der Waals surface area contributed by atoms with Gasteiger partial charge in [0.25, 0.3) is 0 Å². The van der Waals surface area contributed by atoms with Gasteiger partial charge in [0.2, 0.25) is 0 Å². The molecule has 2 nitrogen and oxygen atoms in total. The highest BCUT2D eigenvalue weighted by Crippen LogP contribution is 2.23. The van der Waals surface area contributed by atoms with E-state index in [1.54, 1.807) is 12.1 Å². The summed E-state index contributed by atoms with van der Waals surface area (Å²) < 4.78 is 15.0. The van der Waals surface area contributed by atoms with E-state index >= 15 is 0 Å². The average Bonchev–Trinajstić information content (AvgIpc) is 2.66. The van der Waals surface area contributed by atoms with Crippen molar-refractivity contribution in [2.24, 2.45) is 0 Å². The van der Waals surface area contributed by atoms with Gasteiger partial charge in [-0.15, -0.1) is 0 Å². The molecule has 2 heterocycles. The van der Waals surface area contributed by atoms with Crippen molar-refractivity contribution in [2.45, 2.75) is 0 Å². The number of rotatable bonds is 0. The number of nitrogen functional groups attached to an aromatic ring is 1. The fraction of sp³-hybridized carbons (Fsp3) is 0. The number of pyridine rings is 1. The van der Waals surface area contributed by atoms with Crippen LogP contribution in [0.2, 0.25) is 0 Å². The molecule has 3 heteroatoms. The zero-order valence-corrected chi connectivity index (χ0v) is 7.94. The minimum Gasteiger partial charge on any atom is -0.397 e. The van der Waals surface area contributed by atoms with Gasteiger partial charge in [-0.3, -0.25) is 0 Å². The third-order valence-electron chi connectivity index (χ3n) is 2.60. The highest BCUT2D eigenvalue weighted by atomic mass is 19.1. The number of nitrogens with zero attached hydrogens (tertiary/aromatic N) is 1. The lowest BCUT2D eigenvalue weighted by Gasteiger charge is -2.05. The Morgan fingerprint density at radius 1 is 1.07 bits per heavy atom. The molecule has 0 amide bonds. The first-order valence-electron chi connectivity index (χ1n) is 4.70. The lowest BCUT2D eigenvalue weighted by atomic mass is 10.2. The molecule has 3 rings (SSSR count). The molecule has 74 valence electrons. The molecular weight excluding hydrogens is 191 g/mol. The molecule has 0 spiro atoms. The van der Waals surface area contributed by atoms with Crippen LogP contribution in [-0.2, 0) is 0 Å². The molecule has 2 aromatic heterocycles. The van der Waals surface area contributed by atoms with E-state index in [-0.39, 0.29) is 5.82 Å². The van der Waals surface area contributed by atoms with E-state index in [4.69, 9.17) is 5.73 Å². The third kappa shape index (κ3) is 1.09. The Morgan fingerprint density at radius 2 is 1.93 bits per heavy atom. The van der Waals surface area contributed by atoms with Crippen LogP contribution in [0.1, 0.15) is 0 Å². The fourth-order valence-electron chi connectivity index (χ4n) is 1.93. The van der Waals surface area contributed by atoms with Crippen LogP contribution in [0.3, 0.4) is 0 Å². The molecule has 0 aliphatic carbocycles. The highest BCUT2D eigenvalue weighted by Gasteiger charge is 2.03. The predicted octanol–water partition coefficient (Wildman–Crippen LogP) is 2.81. The quantitative estimate of drug-likeness (QED) is 0.594. The van der Waals surface area contributed by atoms with E-state index in [1.165, 1.54) is 12.1 Å². The maximum absolute atomic E-state index is 13.0. The first kappa shape index (κ1) is 8.29. The molecule has 15 heavy (non-hydrogen) atoms. The van der Waals surface area contributed by atoms with Crippen molar-refractivity contribution in [3.05, 3.63) is 48.4 Å². The van der Waals surface area contributed by atoms with Crippen LogP contribution in [0.4, 0.5) is 10.1 Å². The summed E-state index contributed by atoms with van der Waals surface area (Å²) in [6, 6.07) is 10.4. The minimum atomic E-state index is -0.242. The fourth-order valence-corrected chi connectivity index (χ4v) is 1.93. The molecule has 1 aromatic carbocycles. The number of fused-ring (bicyclic) bond motifs is 3. The van der Waals surface area contributed by atoms with Crippen molar-refractivity contribution < 1.29 is 4.39 Å². The summed E-state index contributed by atoms with van der Waals surface area (Å²) in [6.07, 6.45) is 1.92. The molecular formula is C12H9FN2. The summed E-state index contributed by atoms with van der Waals surface area (Å²) in [5.74, 6) is -0.242. The summed E-state index contributed by atoms with van der Waals surface area (Å²) in [6.45, 7) is 0. The Labute approximate surface area is 85.7 Å². The maximum Gasteiger partial charge on any atom is 0.123 e. The van der Waals surface area contributed by atoms with E-state index in [9.17, 15) is 4.39 Å². The minimum absolute atomic E-state index is 0.242. The largest absolute Gasteiger partial charge is 0.397 e. The van der Waals surface area contributed by atoms with E-state index in [0.29, 0.717) is 5.69 Å². The standard InChI is InChI=1S/C12H9FN2/c13-9-3-4-11-8(6-9)7-10(14)12-2-1-5-15(11)12/h1-7H,14H2. The number of benzene rings is 1. The zero-order valence-electron chi connectivity index (χ0n) is 7.94. The van der Waals surface area contributed by atoms with Gasteiger partial charge in [0.1, 0.15) is 5.82 Å². The first-order valence-corrected chi connectivity index (χ1v) is 4.70. The topological polar surface area (TPSA) is 30.4 Å². The maximum atomic E-state index is 13.0. The highest BCUT2D eigenvalue weighted by molar-refractivity contribution is 5.89. The summed E-state index contributed by atoms with van der Waals surface area (Å²) in [5.41, 5.74) is 8.45. The van der Waals surface area contributed by atoms with Gasteiger partial charge in [0, 0.05) is 11.6 Å². The zero-order chi connectivity index (χ0) is 10.4. The van der Waals surface area contributed by atoms with Gasteiger partial charge in [0.15, 0.2) is 0 Å². The van der Waals surface area contributed by atoms with E-state index in [0.717, 1.165) is 16.4 Å². The summed E-state index contributed by atoms with van der Waals surface area (Å²) in [7, 11) is 0. The second kappa shape index (κ2) is 2.73. The van der Waals surface area contributed by atoms with Crippen LogP contribution in [0.25, 0.3) is 16.4 Å². The number of halogens is 1. The van der Waals surface area contributed by atoms with Crippen molar-refractivity contribution in [2.75, 3.05) is 5.73 Å². The molecule has 0 saturated heterocycles. The Morgan fingerprint density at radius 3 is 2.80 bits per heavy atom. The van der Waals surface area contributed by atoms with E-state index < -0.39 is 0 Å². The van der Waals surface area contributed by atoms with Gasteiger partial charge in [-0.1, -0.05) is 0 Å².